The summed E-state index contributed by atoms with van der Waals surface area (Å²) in [5.41, 5.74) is -0.0334. The maximum atomic E-state index is 12.4. The lowest BCUT2D eigenvalue weighted by atomic mass is 9.73. The van der Waals surface area contributed by atoms with Gasteiger partial charge in [0.1, 0.15) is 0 Å². The molecule has 1 amide bonds. The second kappa shape index (κ2) is 7.44. The minimum Gasteiger partial charge on any atom is -0.376 e. The summed E-state index contributed by atoms with van der Waals surface area (Å²) in [4.78, 5) is 14.4. The van der Waals surface area contributed by atoms with Crippen LogP contribution in [0.5, 0.6) is 0 Å². The Morgan fingerprint density at radius 1 is 1.30 bits per heavy atom. The lowest BCUT2D eigenvalue weighted by Gasteiger charge is -2.41. The zero-order chi connectivity index (χ0) is 15.3. The molecule has 2 atom stereocenters. The third-order valence-corrected chi connectivity index (χ3v) is 4.72. The summed E-state index contributed by atoms with van der Waals surface area (Å²) in [6.45, 7) is 15.4. The zero-order valence-electron chi connectivity index (χ0n) is 14.2. The van der Waals surface area contributed by atoms with Crippen molar-refractivity contribution in [1.82, 2.24) is 4.90 Å². The number of amides is 1. The van der Waals surface area contributed by atoms with E-state index in [0.717, 1.165) is 32.5 Å². The third-order valence-electron chi connectivity index (χ3n) is 4.72. The smallest absolute Gasteiger partial charge is 0.222 e. The molecule has 0 bridgehead atoms. The second-order valence-corrected chi connectivity index (χ2v) is 7.04. The quantitative estimate of drug-likeness (QED) is 0.743. The Kier molecular flexibility index (Phi) is 6.50. The van der Waals surface area contributed by atoms with Crippen molar-refractivity contribution in [3.63, 3.8) is 0 Å². The largest absolute Gasteiger partial charge is 0.376 e. The highest BCUT2D eigenvalue weighted by molar-refractivity contribution is 5.76. The first-order chi connectivity index (χ1) is 9.30. The number of rotatable bonds is 6. The number of ether oxygens (including phenoxy) is 1. The number of carbonyl (C=O) groups excluding carboxylic acids is 1. The Morgan fingerprint density at radius 3 is 2.35 bits per heavy atom. The average Bonchev–Trinajstić information content (AvgIpc) is 2.35. The van der Waals surface area contributed by atoms with Crippen molar-refractivity contribution in [2.24, 2.45) is 17.8 Å². The molecular formula is C17H33NO2. The van der Waals surface area contributed by atoms with Crippen LogP contribution in [0.25, 0.3) is 0 Å². The van der Waals surface area contributed by atoms with E-state index in [-0.39, 0.29) is 5.60 Å². The SMILES string of the molecule is CCN(CC)C(=O)C[C@@H](C(C)C)[C@H]1CCOC(C)(C)C1. The van der Waals surface area contributed by atoms with Gasteiger partial charge in [0.05, 0.1) is 5.60 Å². The molecule has 0 spiro atoms. The predicted molar refractivity (Wildman–Crippen MR) is 83.6 cm³/mol. The van der Waals surface area contributed by atoms with Crippen LogP contribution in [0.1, 0.15) is 60.8 Å². The van der Waals surface area contributed by atoms with Crippen LogP contribution in [0, 0.1) is 17.8 Å². The van der Waals surface area contributed by atoms with Crippen molar-refractivity contribution in [2.75, 3.05) is 19.7 Å². The number of hydrogen-bond acceptors (Lipinski definition) is 2. The first-order valence-electron chi connectivity index (χ1n) is 8.22. The number of nitrogens with zero attached hydrogens (tertiary/aromatic N) is 1. The normalized spacial score (nSPS) is 23.6. The standard InChI is InChI=1S/C17H33NO2/c1-7-18(8-2)16(19)11-15(13(3)4)14-9-10-20-17(5,6)12-14/h13-15H,7-12H2,1-6H3/t14-,15-/m0/s1. The minimum atomic E-state index is -0.0334. The summed E-state index contributed by atoms with van der Waals surface area (Å²) in [6, 6.07) is 0. The summed E-state index contributed by atoms with van der Waals surface area (Å²) in [5.74, 6) is 1.95. The molecule has 118 valence electrons. The lowest BCUT2D eigenvalue weighted by molar-refractivity contribution is -0.134. The van der Waals surface area contributed by atoms with E-state index in [0.29, 0.717) is 30.1 Å². The topological polar surface area (TPSA) is 29.5 Å². The van der Waals surface area contributed by atoms with Crippen molar-refractivity contribution in [3.8, 4) is 0 Å². The van der Waals surface area contributed by atoms with Crippen molar-refractivity contribution < 1.29 is 9.53 Å². The molecule has 0 saturated carbocycles. The van der Waals surface area contributed by atoms with Gasteiger partial charge in [-0.3, -0.25) is 4.79 Å². The van der Waals surface area contributed by atoms with Crippen LogP contribution < -0.4 is 0 Å². The van der Waals surface area contributed by atoms with Crippen LogP contribution in [0.2, 0.25) is 0 Å². The Bertz CT molecular complexity index is 308. The summed E-state index contributed by atoms with van der Waals surface area (Å²) in [7, 11) is 0. The van der Waals surface area contributed by atoms with E-state index >= 15 is 0 Å². The second-order valence-electron chi connectivity index (χ2n) is 7.04. The molecule has 0 radical (unpaired) electrons. The molecule has 3 heteroatoms. The van der Waals surface area contributed by atoms with Gasteiger partial charge in [-0.1, -0.05) is 13.8 Å². The summed E-state index contributed by atoms with van der Waals surface area (Å²) < 4.78 is 5.82. The van der Waals surface area contributed by atoms with Gasteiger partial charge < -0.3 is 9.64 Å². The maximum Gasteiger partial charge on any atom is 0.222 e. The van der Waals surface area contributed by atoms with Gasteiger partial charge in [0.15, 0.2) is 0 Å². The molecule has 0 aromatic carbocycles. The van der Waals surface area contributed by atoms with Crippen molar-refractivity contribution in [2.45, 2.75) is 66.4 Å². The molecule has 20 heavy (non-hydrogen) atoms. The Hall–Kier alpha value is -0.570. The third kappa shape index (κ3) is 4.76. The minimum absolute atomic E-state index is 0.0334. The molecule has 1 aliphatic rings. The zero-order valence-corrected chi connectivity index (χ0v) is 14.2. The van der Waals surface area contributed by atoms with Gasteiger partial charge in [-0.2, -0.15) is 0 Å². The molecule has 1 aliphatic heterocycles. The van der Waals surface area contributed by atoms with Crippen LogP contribution in [-0.4, -0.2) is 36.1 Å². The number of carbonyl (C=O) groups is 1. The molecule has 1 saturated heterocycles. The van der Waals surface area contributed by atoms with Gasteiger partial charge in [-0.05, 0) is 58.3 Å². The molecule has 1 heterocycles. The first kappa shape index (κ1) is 17.5. The van der Waals surface area contributed by atoms with E-state index < -0.39 is 0 Å². The van der Waals surface area contributed by atoms with Crippen LogP contribution >= 0.6 is 0 Å². The van der Waals surface area contributed by atoms with E-state index in [1.807, 2.05) is 4.90 Å². The van der Waals surface area contributed by atoms with Crippen LogP contribution in [0.4, 0.5) is 0 Å². The van der Waals surface area contributed by atoms with Crippen LogP contribution in [0.3, 0.4) is 0 Å². The maximum absolute atomic E-state index is 12.4. The van der Waals surface area contributed by atoms with Gasteiger partial charge in [-0.25, -0.2) is 0 Å². The fraction of sp³-hybridized carbons (Fsp3) is 0.941. The van der Waals surface area contributed by atoms with Crippen molar-refractivity contribution in [1.29, 1.82) is 0 Å². The monoisotopic (exact) mass is 283 g/mol. The molecule has 1 rings (SSSR count). The molecular weight excluding hydrogens is 250 g/mol. The van der Waals surface area contributed by atoms with E-state index in [1.165, 1.54) is 0 Å². The van der Waals surface area contributed by atoms with E-state index in [4.69, 9.17) is 4.74 Å². The molecule has 0 N–H and O–H groups in total. The average molecular weight is 283 g/mol. The highest BCUT2D eigenvalue weighted by Gasteiger charge is 2.35. The predicted octanol–water partition coefficient (Wildman–Crippen LogP) is 3.72. The van der Waals surface area contributed by atoms with Crippen LogP contribution in [0.15, 0.2) is 0 Å². The summed E-state index contributed by atoms with van der Waals surface area (Å²) in [5, 5.41) is 0. The lowest BCUT2D eigenvalue weighted by Crippen LogP contribution is -2.40. The first-order valence-corrected chi connectivity index (χ1v) is 8.22. The highest BCUT2D eigenvalue weighted by Crippen LogP contribution is 2.38. The van der Waals surface area contributed by atoms with Gasteiger partial charge in [-0.15, -0.1) is 0 Å². The Balaban J connectivity index is 2.71. The molecule has 0 aromatic heterocycles. The van der Waals surface area contributed by atoms with E-state index in [9.17, 15) is 4.79 Å². The van der Waals surface area contributed by atoms with Gasteiger partial charge in [0.25, 0.3) is 0 Å². The van der Waals surface area contributed by atoms with Gasteiger partial charge >= 0.3 is 0 Å². The van der Waals surface area contributed by atoms with Crippen molar-refractivity contribution in [3.05, 3.63) is 0 Å². The number of hydrogen-bond donors (Lipinski definition) is 0. The van der Waals surface area contributed by atoms with Crippen LogP contribution in [-0.2, 0) is 9.53 Å². The van der Waals surface area contributed by atoms with Crippen molar-refractivity contribution >= 4 is 5.91 Å². The molecule has 0 aliphatic carbocycles. The van der Waals surface area contributed by atoms with E-state index in [1.54, 1.807) is 0 Å². The fourth-order valence-corrected chi connectivity index (χ4v) is 3.50. The Labute approximate surface area is 125 Å². The summed E-state index contributed by atoms with van der Waals surface area (Å²) >= 11 is 0. The molecule has 1 fully saturated rings. The van der Waals surface area contributed by atoms with Gasteiger partial charge in [0, 0.05) is 26.1 Å². The summed E-state index contributed by atoms with van der Waals surface area (Å²) in [6.07, 6.45) is 2.86. The molecule has 0 aromatic rings. The van der Waals surface area contributed by atoms with E-state index in [2.05, 4.69) is 41.5 Å². The van der Waals surface area contributed by atoms with Gasteiger partial charge in [0.2, 0.25) is 5.91 Å². The fourth-order valence-electron chi connectivity index (χ4n) is 3.50. The molecule has 3 nitrogen and oxygen atoms in total. The highest BCUT2D eigenvalue weighted by atomic mass is 16.5. The Morgan fingerprint density at radius 2 is 1.90 bits per heavy atom. The molecule has 0 unspecified atom stereocenters.